The number of nitrogens with zero attached hydrogens (tertiary/aromatic N) is 2. The zero-order valence-electron chi connectivity index (χ0n) is 15.0. The minimum absolute atomic E-state index is 0.287. The lowest BCUT2D eigenvalue weighted by Gasteiger charge is -2.09. The first-order chi connectivity index (χ1) is 14.1. The van der Waals surface area contributed by atoms with Gasteiger partial charge in [-0.2, -0.15) is 0 Å². The minimum atomic E-state index is -0.491. The van der Waals surface area contributed by atoms with Crippen molar-refractivity contribution in [2.75, 3.05) is 0 Å². The molecule has 4 rings (SSSR count). The summed E-state index contributed by atoms with van der Waals surface area (Å²) in [5.41, 5.74) is 6.70. The summed E-state index contributed by atoms with van der Waals surface area (Å²) >= 11 is 1.25. The highest BCUT2D eigenvalue weighted by molar-refractivity contribution is 7.17. The Hall–Kier alpha value is -3.78. The van der Waals surface area contributed by atoms with Crippen molar-refractivity contribution in [2.45, 2.75) is 0 Å². The zero-order valence-corrected chi connectivity index (χ0v) is 15.8. The molecule has 8 heteroatoms. The van der Waals surface area contributed by atoms with Gasteiger partial charge in [0.15, 0.2) is 0 Å². The number of carbonyl (C=O) groups is 2. The number of para-hydroxylation sites is 1. The molecule has 0 radical (unpaired) electrons. The Kier molecular flexibility index (Phi) is 5.17. The van der Waals surface area contributed by atoms with Crippen molar-refractivity contribution in [1.29, 1.82) is 0 Å². The number of hydrogen-bond donors (Lipinski definition) is 2. The summed E-state index contributed by atoms with van der Waals surface area (Å²) in [5.74, 6) is -1.25. The van der Waals surface area contributed by atoms with Gasteiger partial charge in [0.25, 0.3) is 11.8 Å². The van der Waals surface area contributed by atoms with E-state index >= 15 is 0 Å². The number of thiophene rings is 1. The fourth-order valence-electron chi connectivity index (χ4n) is 2.73. The number of hydrogen-bond acceptors (Lipinski definition) is 4. The van der Waals surface area contributed by atoms with E-state index in [4.69, 9.17) is 0 Å². The van der Waals surface area contributed by atoms with Crippen molar-refractivity contribution in [3.8, 4) is 16.1 Å². The van der Waals surface area contributed by atoms with Crippen LogP contribution in [0.3, 0.4) is 0 Å². The predicted molar refractivity (Wildman–Crippen MR) is 108 cm³/mol. The second-order valence-corrected chi connectivity index (χ2v) is 7.15. The van der Waals surface area contributed by atoms with E-state index in [1.54, 1.807) is 28.8 Å². The molecule has 0 spiro atoms. The molecule has 0 saturated heterocycles. The average molecular weight is 406 g/mol. The van der Waals surface area contributed by atoms with Crippen LogP contribution >= 0.6 is 11.3 Å². The number of nitrogens with one attached hydrogen (secondary N) is 2. The molecule has 0 aliphatic rings. The van der Waals surface area contributed by atoms with E-state index in [0.29, 0.717) is 4.88 Å². The number of aromatic nitrogens is 2. The molecule has 0 aliphatic carbocycles. The van der Waals surface area contributed by atoms with E-state index < -0.39 is 11.8 Å². The maximum Gasteiger partial charge on any atom is 0.288 e. The summed E-state index contributed by atoms with van der Waals surface area (Å²) < 4.78 is 14.7. The van der Waals surface area contributed by atoms with Crippen molar-refractivity contribution >= 4 is 23.2 Å². The van der Waals surface area contributed by atoms with Gasteiger partial charge < -0.3 is 0 Å². The van der Waals surface area contributed by atoms with Gasteiger partial charge in [-0.15, -0.1) is 11.3 Å². The lowest BCUT2D eigenvalue weighted by atomic mass is 10.2. The van der Waals surface area contributed by atoms with Crippen LogP contribution in [0.25, 0.3) is 16.1 Å². The topological polar surface area (TPSA) is 76.0 Å². The highest BCUT2D eigenvalue weighted by Crippen LogP contribution is 2.28. The standard InChI is InChI=1S/C21H15FN4O2S/c22-15-8-6-14(7-9-15)18-10-11-19(29-18)21(28)25-24-20(27)17-12-23-13-26(17)16-4-2-1-3-5-16/h1-13H,(H,24,27)(H,25,28). The van der Waals surface area contributed by atoms with E-state index in [2.05, 4.69) is 15.8 Å². The Bertz CT molecular complexity index is 1150. The largest absolute Gasteiger partial charge is 0.295 e. The average Bonchev–Trinajstić information content (AvgIpc) is 3.43. The quantitative estimate of drug-likeness (QED) is 0.506. The molecule has 0 aliphatic heterocycles. The Morgan fingerprint density at radius 2 is 1.62 bits per heavy atom. The zero-order chi connectivity index (χ0) is 20.2. The molecule has 0 saturated carbocycles. The van der Waals surface area contributed by atoms with Crippen LogP contribution < -0.4 is 10.9 Å². The summed E-state index contributed by atoms with van der Waals surface area (Å²) in [4.78, 5) is 30.1. The summed E-state index contributed by atoms with van der Waals surface area (Å²) in [6.07, 6.45) is 2.95. The van der Waals surface area contributed by atoms with Crippen LogP contribution in [-0.2, 0) is 0 Å². The third-order valence-corrected chi connectivity index (χ3v) is 5.29. The molecule has 2 heterocycles. The predicted octanol–water partition coefficient (Wildman–Crippen LogP) is 3.81. The molecule has 2 amide bonds. The van der Waals surface area contributed by atoms with Gasteiger partial charge >= 0.3 is 0 Å². The molecule has 0 fully saturated rings. The SMILES string of the molecule is O=C(NNC(=O)c1cncn1-c1ccccc1)c1ccc(-c2ccc(F)cc2)s1. The van der Waals surface area contributed by atoms with E-state index in [9.17, 15) is 14.0 Å². The molecule has 29 heavy (non-hydrogen) atoms. The first-order valence-electron chi connectivity index (χ1n) is 8.66. The van der Waals surface area contributed by atoms with Crippen molar-refractivity contribution < 1.29 is 14.0 Å². The Morgan fingerprint density at radius 3 is 2.38 bits per heavy atom. The van der Waals surface area contributed by atoms with Gasteiger partial charge in [0.05, 0.1) is 17.4 Å². The Balaban J connectivity index is 1.42. The molecule has 6 nitrogen and oxygen atoms in total. The van der Waals surface area contributed by atoms with Gasteiger partial charge in [-0.25, -0.2) is 9.37 Å². The maximum absolute atomic E-state index is 13.1. The van der Waals surface area contributed by atoms with E-state index in [0.717, 1.165) is 16.1 Å². The Labute approximate surface area is 169 Å². The highest BCUT2D eigenvalue weighted by atomic mass is 32.1. The molecular formula is C21H15FN4O2S. The second-order valence-electron chi connectivity index (χ2n) is 6.06. The number of hydrazine groups is 1. The van der Waals surface area contributed by atoms with E-state index in [1.165, 1.54) is 36.0 Å². The summed E-state index contributed by atoms with van der Waals surface area (Å²) in [6, 6.07) is 18.7. The lowest BCUT2D eigenvalue weighted by molar-refractivity contribution is 0.0845. The molecule has 144 valence electrons. The van der Waals surface area contributed by atoms with E-state index in [-0.39, 0.29) is 11.5 Å². The lowest BCUT2D eigenvalue weighted by Crippen LogP contribution is -2.42. The molecule has 0 bridgehead atoms. The van der Waals surface area contributed by atoms with Gasteiger partial charge in [0.1, 0.15) is 11.5 Å². The van der Waals surface area contributed by atoms with E-state index in [1.807, 2.05) is 30.3 Å². The van der Waals surface area contributed by atoms with Crippen LogP contribution in [-0.4, -0.2) is 21.4 Å². The van der Waals surface area contributed by atoms with Crippen molar-refractivity contribution in [2.24, 2.45) is 0 Å². The summed E-state index contributed by atoms with van der Waals surface area (Å²) in [5, 5.41) is 0. The van der Waals surface area contributed by atoms with Crippen molar-refractivity contribution in [1.82, 2.24) is 20.4 Å². The molecular weight excluding hydrogens is 391 g/mol. The third kappa shape index (κ3) is 4.07. The first kappa shape index (κ1) is 18.6. The number of amides is 2. The van der Waals surface area contributed by atoms with Crippen LogP contribution in [0.1, 0.15) is 20.2 Å². The van der Waals surface area contributed by atoms with Crippen LogP contribution in [0.2, 0.25) is 0 Å². The third-order valence-electron chi connectivity index (χ3n) is 4.15. The molecule has 4 aromatic rings. The Morgan fingerprint density at radius 1 is 0.897 bits per heavy atom. The first-order valence-corrected chi connectivity index (χ1v) is 9.48. The van der Waals surface area contributed by atoms with Gasteiger partial charge in [0, 0.05) is 10.6 Å². The molecule has 0 unspecified atom stereocenters. The summed E-state index contributed by atoms with van der Waals surface area (Å²) in [6.45, 7) is 0. The van der Waals surface area contributed by atoms with Crippen LogP contribution in [0.4, 0.5) is 4.39 Å². The van der Waals surface area contributed by atoms with Crippen molar-refractivity contribution in [3.63, 3.8) is 0 Å². The number of halogens is 1. The van der Waals surface area contributed by atoms with Crippen LogP contribution in [0, 0.1) is 5.82 Å². The monoisotopic (exact) mass is 406 g/mol. The smallest absolute Gasteiger partial charge is 0.288 e. The maximum atomic E-state index is 13.1. The number of imidazole rings is 1. The van der Waals surface area contributed by atoms with Crippen LogP contribution in [0.5, 0.6) is 0 Å². The van der Waals surface area contributed by atoms with Gasteiger partial charge in [-0.1, -0.05) is 30.3 Å². The fourth-order valence-corrected chi connectivity index (χ4v) is 3.63. The molecule has 2 aromatic carbocycles. The fraction of sp³-hybridized carbons (Fsp3) is 0. The molecule has 0 atom stereocenters. The minimum Gasteiger partial charge on any atom is -0.295 e. The second kappa shape index (κ2) is 8.07. The van der Waals surface area contributed by atoms with Gasteiger partial charge in [-0.05, 0) is 42.0 Å². The number of rotatable bonds is 4. The summed E-state index contributed by atoms with van der Waals surface area (Å²) in [7, 11) is 0. The highest BCUT2D eigenvalue weighted by Gasteiger charge is 2.15. The van der Waals surface area contributed by atoms with Gasteiger partial charge in [0.2, 0.25) is 0 Å². The molecule has 2 N–H and O–H groups in total. The number of carbonyl (C=O) groups excluding carboxylic acids is 2. The van der Waals surface area contributed by atoms with Crippen LogP contribution in [0.15, 0.2) is 79.3 Å². The number of benzene rings is 2. The van der Waals surface area contributed by atoms with Gasteiger partial charge in [-0.3, -0.25) is 25.0 Å². The van der Waals surface area contributed by atoms with Crippen molar-refractivity contribution in [3.05, 3.63) is 95.6 Å². The normalized spacial score (nSPS) is 10.5. The molecule has 2 aromatic heterocycles.